The summed E-state index contributed by atoms with van der Waals surface area (Å²) in [5.41, 5.74) is 0.821. The van der Waals surface area contributed by atoms with Gasteiger partial charge in [-0.1, -0.05) is 18.2 Å². The summed E-state index contributed by atoms with van der Waals surface area (Å²) in [6.07, 6.45) is 0.0497. The maximum atomic E-state index is 5.98. The molecule has 0 saturated carbocycles. The minimum Gasteiger partial charge on any atom is -0.367 e. The van der Waals surface area contributed by atoms with Crippen LogP contribution in [0.15, 0.2) is 36.4 Å². The van der Waals surface area contributed by atoms with Crippen molar-refractivity contribution in [3.63, 3.8) is 0 Å². The number of hydrogen-bond donors (Lipinski definition) is 0. The molecule has 1 fully saturated rings. The third-order valence-electron chi connectivity index (χ3n) is 3.56. The van der Waals surface area contributed by atoms with Crippen LogP contribution in [0.3, 0.4) is 0 Å². The van der Waals surface area contributed by atoms with Gasteiger partial charge in [-0.25, -0.2) is 4.98 Å². The summed E-state index contributed by atoms with van der Waals surface area (Å²) < 4.78 is 5.96. The van der Waals surface area contributed by atoms with Gasteiger partial charge in [-0.15, -0.1) is 11.6 Å². The smallest absolute Gasteiger partial charge is 0.129 e. The molecule has 1 aliphatic heterocycles. The molecule has 0 N–H and O–H groups in total. The van der Waals surface area contributed by atoms with Crippen LogP contribution in [-0.4, -0.2) is 35.7 Å². The number of anilines is 1. The number of nitrogens with zero attached hydrogens (tertiary/aromatic N) is 2. The van der Waals surface area contributed by atoms with E-state index in [0.29, 0.717) is 5.88 Å². The molecule has 0 amide bonds. The second kappa shape index (κ2) is 5.23. The molecule has 1 aromatic carbocycles. The first-order valence-corrected chi connectivity index (χ1v) is 7.45. The van der Waals surface area contributed by atoms with Crippen molar-refractivity contribution >= 4 is 28.3 Å². The summed E-state index contributed by atoms with van der Waals surface area (Å²) in [5, 5.41) is 1.16. The van der Waals surface area contributed by atoms with E-state index < -0.39 is 0 Å². The minimum atomic E-state index is -0.203. The molecule has 0 bridgehead atoms. The Kier molecular flexibility index (Phi) is 3.57. The highest BCUT2D eigenvalue weighted by Crippen LogP contribution is 2.26. The Hall–Kier alpha value is -1.32. The molecule has 1 atom stereocenters. The summed E-state index contributed by atoms with van der Waals surface area (Å²) in [5.74, 6) is 1.50. The van der Waals surface area contributed by atoms with Crippen LogP contribution in [-0.2, 0) is 4.74 Å². The Morgan fingerprint density at radius 1 is 1.30 bits per heavy atom. The van der Waals surface area contributed by atoms with Crippen molar-refractivity contribution in [1.82, 2.24) is 4.98 Å². The van der Waals surface area contributed by atoms with Crippen molar-refractivity contribution in [2.24, 2.45) is 0 Å². The van der Waals surface area contributed by atoms with Gasteiger partial charge in [-0.3, -0.25) is 0 Å². The van der Waals surface area contributed by atoms with E-state index in [1.165, 1.54) is 0 Å². The highest BCUT2D eigenvalue weighted by Gasteiger charge is 2.33. The van der Waals surface area contributed by atoms with E-state index in [0.717, 1.165) is 29.8 Å². The molecule has 106 valence electrons. The first-order valence-electron chi connectivity index (χ1n) is 6.92. The number of alkyl halides is 1. The Bertz CT molecular complexity index is 614. The van der Waals surface area contributed by atoms with Crippen molar-refractivity contribution in [1.29, 1.82) is 0 Å². The van der Waals surface area contributed by atoms with Gasteiger partial charge in [0, 0.05) is 18.5 Å². The third-order valence-corrected chi connectivity index (χ3v) is 3.91. The SMILES string of the molecule is CC1(C)CN(c2ccc3ccccc3n2)CC(CCl)O1. The molecule has 20 heavy (non-hydrogen) atoms. The number of morpholine rings is 1. The van der Waals surface area contributed by atoms with E-state index in [1.54, 1.807) is 0 Å². The van der Waals surface area contributed by atoms with Gasteiger partial charge in [-0.2, -0.15) is 0 Å². The van der Waals surface area contributed by atoms with Crippen LogP contribution in [0, 0.1) is 0 Å². The lowest BCUT2D eigenvalue weighted by molar-refractivity contribution is -0.0736. The number of fused-ring (bicyclic) bond motifs is 1. The van der Waals surface area contributed by atoms with Gasteiger partial charge < -0.3 is 9.64 Å². The van der Waals surface area contributed by atoms with Crippen LogP contribution >= 0.6 is 11.6 Å². The van der Waals surface area contributed by atoms with Gasteiger partial charge in [0.05, 0.1) is 23.1 Å². The molecule has 1 aliphatic rings. The van der Waals surface area contributed by atoms with Crippen molar-refractivity contribution in [2.45, 2.75) is 25.6 Å². The molecule has 0 radical (unpaired) electrons. The first-order chi connectivity index (χ1) is 9.57. The van der Waals surface area contributed by atoms with Crippen LogP contribution in [0.2, 0.25) is 0 Å². The average molecular weight is 291 g/mol. The summed E-state index contributed by atoms with van der Waals surface area (Å²) in [6, 6.07) is 12.4. The summed E-state index contributed by atoms with van der Waals surface area (Å²) in [7, 11) is 0. The summed E-state index contributed by atoms with van der Waals surface area (Å²) >= 11 is 5.98. The van der Waals surface area contributed by atoms with E-state index in [1.807, 2.05) is 18.2 Å². The molecule has 2 aromatic rings. The van der Waals surface area contributed by atoms with Crippen LogP contribution in [0.1, 0.15) is 13.8 Å². The second-order valence-electron chi connectivity index (χ2n) is 5.90. The number of halogens is 1. The highest BCUT2D eigenvalue weighted by atomic mass is 35.5. The largest absolute Gasteiger partial charge is 0.367 e. The number of benzene rings is 1. The second-order valence-corrected chi connectivity index (χ2v) is 6.21. The molecule has 3 rings (SSSR count). The molecule has 4 heteroatoms. The zero-order valence-electron chi connectivity index (χ0n) is 11.8. The molecular weight excluding hydrogens is 272 g/mol. The van der Waals surface area contributed by atoms with Crippen molar-refractivity contribution in [2.75, 3.05) is 23.9 Å². The summed E-state index contributed by atoms with van der Waals surface area (Å²) in [4.78, 5) is 7.03. The van der Waals surface area contributed by atoms with E-state index in [4.69, 9.17) is 21.3 Å². The van der Waals surface area contributed by atoms with Crippen LogP contribution < -0.4 is 4.90 Å². The molecule has 1 saturated heterocycles. The zero-order chi connectivity index (χ0) is 14.2. The number of ether oxygens (including phenoxy) is 1. The van der Waals surface area contributed by atoms with Crippen LogP contribution in [0.25, 0.3) is 10.9 Å². The van der Waals surface area contributed by atoms with Crippen LogP contribution in [0.5, 0.6) is 0 Å². The van der Waals surface area contributed by atoms with Crippen molar-refractivity contribution in [3.8, 4) is 0 Å². The van der Waals surface area contributed by atoms with Crippen molar-refractivity contribution in [3.05, 3.63) is 36.4 Å². The van der Waals surface area contributed by atoms with E-state index in [-0.39, 0.29) is 11.7 Å². The number of pyridine rings is 1. The number of hydrogen-bond acceptors (Lipinski definition) is 3. The topological polar surface area (TPSA) is 25.4 Å². The van der Waals surface area contributed by atoms with E-state index >= 15 is 0 Å². The minimum absolute atomic E-state index is 0.0497. The predicted molar refractivity (Wildman–Crippen MR) is 83.6 cm³/mol. The molecule has 2 heterocycles. The average Bonchev–Trinajstić information content (AvgIpc) is 2.45. The quantitative estimate of drug-likeness (QED) is 0.792. The van der Waals surface area contributed by atoms with Crippen LogP contribution in [0.4, 0.5) is 5.82 Å². The van der Waals surface area contributed by atoms with E-state index in [2.05, 4.69) is 36.9 Å². The lowest BCUT2D eigenvalue weighted by atomic mass is 10.1. The number of aromatic nitrogens is 1. The lowest BCUT2D eigenvalue weighted by Crippen LogP contribution is -2.53. The Morgan fingerprint density at radius 3 is 2.90 bits per heavy atom. The molecular formula is C16H19ClN2O. The molecule has 1 unspecified atom stereocenters. The van der Waals surface area contributed by atoms with E-state index in [9.17, 15) is 0 Å². The predicted octanol–water partition coefficient (Wildman–Crippen LogP) is 3.46. The lowest BCUT2D eigenvalue weighted by Gasteiger charge is -2.42. The van der Waals surface area contributed by atoms with Gasteiger partial charge in [-0.05, 0) is 32.0 Å². The number of rotatable bonds is 2. The third kappa shape index (κ3) is 2.74. The Labute approximate surface area is 124 Å². The fourth-order valence-corrected chi connectivity index (χ4v) is 2.94. The summed E-state index contributed by atoms with van der Waals surface area (Å²) in [6.45, 7) is 5.81. The normalized spacial score (nSPS) is 22.1. The van der Waals surface area contributed by atoms with Crippen molar-refractivity contribution < 1.29 is 4.74 Å². The highest BCUT2D eigenvalue weighted by molar-refractivity contribution is 6.18. The maximum Gasteiger partial charge on any atom is 0.129 e. The fraction of sp³-hybridized carbons (Fsp3) is 0.438. The van der Waals surface area contributed by atoms with Gasteiger partial charge in [0.15, 0.2) is 0 Å². The monoisotopic (exact) mass is 290 g/mol. The number of para-hydroxylation sites is 1. The van der Waals surface area contributed by atoms with Gasteiger partial charge in [0.2, 0.25) is 0 Å². The molecule has 3 nitrogen and oxygen atoms in total. The van der Waals surface area contributed by atoms with Gasteiger partial charge >= 0.3 is 0 Å². The molecule has 0 spiro atoms. The first kappa shape index (κ1) is 13.7. The molecule has 0 aliphatic carbocycles. The fourth-order valence-electron chi connectivity index (χ4n) is 2.78. The Morgan fingerprint density at radius 2 is 2.10 bits per heavy atom. The molecule has 1 aromatic heterocycles. The standard InChI is InChI=1S/C16H19ClN2O/c1-16(2)11-19(10-13(9-17)20-16)15-8-7-12-5-3-4-6-14(12)18-15/h3-8,13H,9-11H2,1-2H3. The Balaban J connectivity index is 1.93. The zero-order valence-corrected chi connectivity index (χ0v) is 12.6. The van der Waals surface area contributed by atoms with Gasteiger partial charge in [0.1, 0.15) is 5.82 Å². The maximum absolute atomic E-state index is 5.98. The van der Waals surface area contributed by atoms with Gasteiger partial charge in [0.25, 0.3) is 0 Å².